The maximum atomic E-state index is 13.0. The summed E-state index contributed by atoms with van der Waals surface area (Å²) in [6.45, 7) is 7.72. The number of Topliss-reactive ketones (excluding diaryl/α,β-unsaturated/α-hetero) is 2. The Kier molecular flexibility index (Phi) is 1.48. The van der Waals surface area contributed by atoms with E-state index >= 15 is 0 Å². The van der Waals surface area contributed by atoms with Crippen molar-refractivity contribution in [2.45, 2.75) is 19.3 Å². The van der Waals surface area contributed by atoms with Crippen LogP contribution in [0.5, 0.6) is 0 Å². The first-order valence-electron chi connectivity index (χ1n) is 7.47. The summed E-state index contributed by atoms with van der Waals surface area (Å²) in [6.07, 6.45) is 6.30. The van der Waals surface area contributed by atoms with Gasteiger partial charge in [-0.2, -0.15) is 0 Å². The van der Waals surface area contributed by atoms with Gasteiger partial charge in [0.2, 0.25) is 0 Å². The van der Waals surface area contributed by atoms with Gasteiger partial charge in [-0.05, 0) is 42.9 Å². The van der Waals surface area contributed by atoms with E-state index < -0.39 is 0 Å². The van der Waals surface area contributed by atoms with Crippen molar-refractivity contribution in [3.63, 3.8) is 0 Å². The minimum atomic E-state index is -0.373. The van der Waals surface area contributed by atoms with Gasteiger partial charge in [-0.3, -0.25) is 9.59 Å². The average Bonchev–Trinajstić information content (AvgIpc) is 2.95. The third-order valence-electron chi connectivity index (χ3n) is 7.51. The van der Waals surface area contributed by atoms with Crippen molar-refractivity contribution >= 4 is 11.6 Å². The van der Waals surface area contributed by atoms with Crippen molar-refractivity contribution in [1.82, 2.24) is 0 Å². The first-order chi connectivity index (χ1) is 9.16. The molecule has 4 unspecified atom stereocenters. The standard InChI is InChI=1S/C17H18O2/c1-3-5-16-12-8-7-9-11(10(8)14(16)18)15(19)17(16,6-4-2)13(9)12/h3-4,8-13H,1-2,5-7H2/t8-,9+,10-,11+,12?,13?,16?,17?. The van der Waals surface area contributed by atoms with Gasteiger partial charge in [-0.15, -0.1) is 13.2 Å². The van der Waals surface area contributed by atoms with E-state index in [0.717, 1.165) is 6.42 Å². The Morgan fingerprint density at radius 2 is 1.37 bits per heavy atom. The zero-order valence-corrected chi connectivity index (χ0v) is 11.0. The van der Waals surface area contributed by atoms with E-state index in [9.17, 15) is 9.59 Å². The number of hydrogen-bond acceptors (Lipinski definition) is 2. The molecule has 5 fully saturated rings. The maximum Gasteiger partial charge on any atom is 0.144 e. The molecule has 0 aromatic heterocycles. The van der Waals surface area contributed by atoms with Crippen molar-refractivity contribution in [2.24, 2.45) is 46.3 Å². The van der Waals surface area contributed by atoms with Gasteiger partial charge in [-0.25, -0.2) is 0 Å². The van der Waals surface area contributed by atoms with Gasteiger partial charge in [-0.1, -0.05) is 12.2 Å². The monoisotopic (exact) mass is 254 g/mol. The second-order valence-electron chi connectivity index (χ2n) is 7.32. The molecule has 2 heteroatoms. The molecule has 0 heterocycles. The van der Waals surface area contributed by atoms with Crippen LogP contribution in [0.1, 0.15) is 19.3 Å². The minimum Gasteiger partial charge on any atom is -0.299 e. The summed E-state index contributed by atoms with van der Waals surface area (Å²) in [7, 11) is 0. The summed E-state index contributed by atoms with van der Waals surface area (Å²) < 4.78 is 0. The molecule has 98 valence electrons. The van der Waals surface area contributed by atoms with Crippen LogP contribution in [0.2, 0.25) is 0 Å². The van der Waals surface area contributed by atoms with Crippen LogP contribution in [-0.2, 0) is 9.59 Å². The Labute approximate surface area is 112 Å². The number of rotatable bonds is 4. The average molecular weight is 254 g/mol. The summed E-state index contributed by atoms with van der Waals surface area (Å²) in [5, 5.41) is 0. The zero-order valence-electron chi connectivity index (χ0n) is 11.0. The maximum absolute atomic E-state index is 13.0. The molecule has 5 saturated carbocycles. The van der Waals surface area contributed by atoms with E-state index in [1.807, 2.05) is 12.2 Å². The fraction of sp³-hybridized carbons (Fsp3) is 0.647. The van der Waals surface area contributed by atoms with E-state index in [4.69, 9.17) is 0 Å². The first-order valence-corrected chi connectivity index (χ1v) is 7.47. The quantitative estimate of drug-likeness (QED) is 0.722. The number of ketones is 2. The van der Waals surface area contributed by atoms with Crippen LogP contribution in [0, 0.1) is 46.3 Å². The zero-order chi connectivity index (χ0) is 13.2. The minimum absolute atomic E-state index is 0.0825. The van der Waals surface area contributed by atoms with Crippen LogP contribution in [0.4, 0.5) is 0 Å². The lowest BCUT2D eigenvalue weighted by Gasteiger charge is -2.63. The van der Waals surface area contributed by atoms with Gasteiger partial charge < -0.3 is 0 Å². The molecule has 0 aromatic carbocycles. The number of carbonyl (C=O) groups excluding carboxylic acids is 2. The molecule has 5 aliphatic carbocycles. The molecule has 0 N–H and O–H groups in total. The topological polar surface area (TPSA) is 34.1 Å². The SMILES string of the molecule is C=CCC12C(=O)[C@@H]3[C@@H]4C(=O)C1(CC=C)C1C2[C@H]3C[C@@H]14. The molecular weight excluding hydrogens is 236 g/mol. The van der Waals surface area contributed by atoms with Crippen LogP contribution in [0.15, 0.2) is 25.3 Å². The van der Waals surface area contributed by atoms with Crippen molar-refractivity contribution in [2.75, 3.05) is 0 Å². The lowest BCUT2D eigenvalue weighted by atomic mass is 9.37. The smallest absolute Gasteiger partial charge is 0.144 e. The normalized spacial score (nSPS) is 61.9. The van der Waals surface area contributed by atoms with Crippen molar-refractivity contribution < 1.29 is 9.59 Å². The Morgan fingerprint density at radius 1 is 0.947 bits per heavy atom. The number of allylic oxidation sites excluding steroid dienone is 2. The third kappa shape index (κ3) is 0.643. The lowest BCUT2D eigenvalue weighted by Crippen LogP contribution is -2.67. The Bertz CT molecular complexity index is 526. The summed E-state index contributed by atoms with van der Waals surface area (Å²) in [4.78, 5) is 26.0. The van der Waals surface area contributed by atoms with Crippen LogP contribution < -0.4 is 0 Å². The summed E-state index contributed by atoms with van der Waals surface area (Å²) in [5.74, 6) is 3.05. The fourth-order valence-corrected chi connectivity index (χ4v) is 7.63. The van der Waals surface area contributed by atoms with Gasteiger partial charge in [0.1, 0.15) is 11.6 Å². The van der Waals surface area contributed by atoms with E-state index in [1.165, 1.54) is 0 Å². The van der Waals surface area contributed by atoms with Gasteiger partial charge in [0.15, 0.2) is 0 Å². The second kappa shape index (κ2) is 2.65. The molecule has 0 amide bonds. The molecule has 0 radical (unpaired) electrons. The Morgan fingerprint density at radius 3 is 1.74 bits per heavy atom. The van der Waals surface area contributed by atoms with Crippen molar-refractivity contribution in [3.8, 4) is 0 Å². The van der Waals surface area contributed by atoms with Gasteiger partial charge in [0.05, 0.1) is 0 Å². The number of hydrogen-bond donors (Lipinski definition) is 0. The Balaban J connectivity index is 1.82. The van der Waals surface area contributed by atoms with Crippen molar-refractivity contribution in [1.29, 1.82) is 0 Å². The molecule has 5 aliphatic rings. The van der Waals surface area contributed by atoms with Crippen molar-refractivity contribution in [3.05, 3.63) is 25.3 Å². The van der Waals surface area contributed by atoms with E-state index in [-0.39, 0.29) is 22.7 Å². The molecule has 0 saturated heterocycles. The fourth-order valence-electron chi connectivity index (χ4n) is 7.63. The molecule has 0 spiro atoms. The predicted molar refractivity (Wildman–Crippen MR) is 70.1 cm³/mol. The van der Waals surface area contributed by atoms with Crippen LogP contribution >= 0.6 is 0 Å². The molecule has 2 bridgehead atoms. The molecular formula is C17H18O2. The largest absolute Gasteiger partial charge is 0.299 e. The molecule has 8 atom stereocenters. The summed E-state index contributed by atoms with van der Waals surface area (Å²) in [5.41, 5.74) is -0.746. The second-order valence-corrected chi connectivity index (χ2v) is 7.32. The lowest BCUT2D eigenvalue weighted by molar-refractivity contribution is -0.189. The van der Waals surface area contributed by atoms with E-state index in [0.29, 0.717) is 48.1 Å². The third-order valence-corrected chi connectivity index (χ3v) is 7.51. The molecule has 0 aromatic rings. The first kappa shape index (κ1) is 10.6. The number of carbonyl (C=O) groups is 2. The highest BCUT2D eigenvalue weighted by atomic mass is 16.2. The molecule has 2 nitrogen and oxygen atoms in total. The van der Waals surface area contributed by atoms with E-state index in [1.54, 1.807) is 0 Å². The molecule has 0 aliphatic heterocycles. The van der Waals surface area contributed by atoms with Gasteiger partial charge >= 0.3 is 0 Å². The van der Waals surface area contributed by atoms with Crippen LogP contribution in [-0.4, -0.2) is 11.6 Å². The molecule has 5 rings (SSSR count). The molecule has 19 heavy (non-hydrogen) atoms. The predicted octanol–water partition coefficient (Wildman–Crippen LogP) is 2.40. The number of fused-ring (bicyclic) bond motifs is 2. The summed E-state index contributed by atoms with van der Waals surface area (Å²) in [6, 6.07) is 0. The summed E-state index contributed by atoms with van der Waals surface area (Å²) >= 11 is 0. The van der Waals surface area contributed by atoms with Crippen LogP contribution in [0.3, 0.4) is 0 Å². The Hall–Kier alpha value is -1.18. The van der Waals surface area contributed by atoms with Crippen LogP contribution in [0.25, 0.3) is 0 Å². The van der Waals surface area contributed by atoms with Gasteiger partial charge in [0, 0.05) is 22.7 Å². The highest BCUT2D eigenvalue weighted by molar-refractivity contribution is 6.11. The van der Waals surface area contributed by atoms with E-state index in [2.05, 4.69) is 13.2 Å². The highest BCUT2D eigenvalue weighted by Gasteiger charge is 2.94. The highest BCUT2D eigenvalue weighted by Crippen LogP contribution is 2.91. The van der Waals surface area contributed by atoms with Gasteiger partial charge in [0.25, 0.3) is 0 Å².